The number of ether oxygens (including phenoxy) is 1. The molecule has 0 aliphatic heterocycles. The Morgan fingerprint density at radius 1 is 1.18 bits per heavy atom. The van der Waals surface area contributed by atoms with Crippen molar-refractivity contribution in [1.29, 1.82) is 0 Å². The summed E-state index contributed by atoms with van der Waals surface area (Å²) in [6.07, 6.45) is -0.775. The van der Waals surface area contributed by atoms with Crippen molar-refractivity contribution in [3.63, 3.8) is 0 Å². The molecule has 0 fully saturated rings. The molecule has 1 aromatic carbocycles. The van der Waals surface area contributed by atoms with Crippen LogP contribution in [0.1, 0.15) is 11.1 Å². The summed E-state index contributed by atoms with van der Waals surface area (Å²) in [6, 6.07) is 5.65. The highest BCUT2D eigenvalue weighted by molar-refractivity contribution is 5.85. The predicted octanol–water partition coefficient (Wildman–Crippen LogP) is 3.50. The Kier molecular flexibility index (Phi) is 3.22. The lowest BCUT2D eigenvalue weighted by atomic mass is 10.1. The number of nitrogens with zero attached hydrogens (tertiary/aromatic N) is 1. The Balaban J connectivity index is 2.46. The molecule has 2 aromatic rings. The van der Waals surface area contributed by atoms with Crippen molar-refractivity contribution >= 4 is 10.9 Å². The van der Waals surface area contributed by atoms with Gasteiger partial charge in [0.1, 0.15) is 17.9 Å². The summed E-state index contributed by atoms with van der Waals surface area (Å²) in [7, 11) is 0. The summed E-state index contributed by atoms with van der Waals surface area (Å²) < 4.78 is 29.4. The van der Waals surface area contributed by atoms with Crippen LogP contribution in [0.3, 0.4) is 0 Å². The van der Waals surface area contributed by atoms with Gasteiger partial charge < -0.3 is 4.74 Å². The van der Waals surface area contributed by atoms with E-state index < -0.39 is 13.0 Å². The molecule has 0 aliphatic carbocycles. The molecule has 0 aliphatic rings. The smallest absolute Gasteiger partial charge is 0.272 e. The van der Waals surface area contributed by atoms with Gasteiger partial charge in [0.2, 0.25) is 0 Å². The summed E-state index contributed by atoms with van der Waals surface area (Å²) in [6.45, 7) is 3.24. The van der Waals surface area contributed by atoms with Crippen LogP contribution >= 0.6 is 0 Å². The molecule has 2 rings (SSSR count). The molecule has 0 amide bonds. The second-order valence-electron chi connectivity index (χ2n) is 4.05. The van der Waals surface area contributed by atoms with E-state index in [9.17, 15) is 8.78 Å². The first-order chi connectivity index (χ1) is 8.06. The first kappa shape index (κ1) is 11.8. The number of hydrogen-bond acceptors (Lipinski definition) is 2. The highest BCUT2D eigenvalue weighted by Crippen LogP contribution is 2.26. The average Bonchev–Trinajstić information content (AvgIpc) is 2.24. The average molecular weight is 237 g/mol. The zero-order chi connectivity index (χ0) is 12.4. The third-order valence-corrected chi connectivity index (χ3v) is 2.39. The van der Waals surface area contributed by atoms with Crippen molar-refractivity contribution in [2.75, 3.05) is 6.61 Å². The van der Waals surface area contributed by atoms with Gasteiger partial charge in [0.15, 0.2) is 0 Å². The summed E-state index contributed by atoms with van der Waals surface area (Å²) in [4.78, 5) is 4.23. The van der Waals surface area contributed by atoms with Crippen LogP contribution in [0.25, 0.3) is 10.9 Å². The SMILES string of the molecule is Cc1cnc2c(OCC(F)F)cc(C)cc2c1. The number of alkyl halides is 2. The van der Waals surface area contributed by atoms with Crippen LogP contribution < -0.4 is 4.74 Å². The molecule has 1 heterocycles. The van der Waals surface area contributed by atoms with Crippen LogP contribution in [0.5, 0.6) is 5.75 Å². The largest absolute Gasteiger partial charge is 0.485 e. The van der Waals surface area contributed by atoms with E-state index in [0.717, 1.165) is 16.5 Å². The maximum absolute atomic E-state index is 12.1. The van der Waals surface area contributed by atoms with E-state index in [1.807, 2.05) is 26.0 Å². The first-order valence-corrected chi connectivity index (χ1v) is 5.34. The fourth-order valence-electron chi connectivity index (χ4n) is 1.73. The van der Waals surface area contributed by atoms with E-state index in [-0.39, 0.29) is 0 Å². The molecule has 4 heteroatoms. The molecule has 0 bridgehead atoms. The van der Waals surface area contributed by atoms with Crippen molar-refractivity contribution in [3.05, 3.63) is 35.5 Å². The lowest BCUT2D eigenvalue weighted by molar-refractivity contribution is 0.0825. The first-order valence-electron chi connectivity index (χ1n) is 5.34. The number of rotatable bonds is 3. The maximum Gasteiger partial charge on any atom is 0.272 e. The molecular formula is C13H13F2NO. The Morgan fingerprint density at radius 2 is 1.88 bits per heavy atom. The minimum atomic E-state index is -2.48. The van der Waals surface area contributed by atoms with E-state index in [2.05, 4.69) is 4.98 Å². The van der Waals surface area contributed by atoms with Crippen molar-refractivity contribution < 1.29 is 13.5 Å². The fourth-order valence-corrected chi connectivity index (χ4v) is 1.73. The highest BCUT2D eigenvalue weighted by atomic mass is 19.3. The van der Waals surface area contributed by atoms with Crippen LogP contribution in [0.4, 0.5) is 8.78 Å². The minimum Gasteiger partial charge on any atom is -0.485 e. The monoisotopic (exact) mass is 237 g/mol. The Labute approximate surface area is 98.2 Å². The molecule has 17 heavy (non-hydrogen) atoms. The van der Waals surface area contributed by atoms with Crippen molar-refractivity contribution in [1.82, 2.24) is 4.98 Å². The van der Waals surface area contributed by atoms with Gasteiger partial charge in [0.05, 0.1) is 0 Å². The molecule has 0 atom stereocenters. The lowest BCUT2D eigenvalue weighted by Crippen LogP contribution is -2.07. The molecule has 0 saturated heterocycles. The van der Waals surface area contributed by atoms with Crippen molar-refractivity contribution in [2.45, 2.75) is 20.3 Å². The number of fused-ring (bicyclic) bond motifs is 1. The molecule has 0 unspecified atom stereocenters. The zero-order valence-corrected chi connectivity index (χ0v) is 9.71. The van der Waals surface area contributed by atoms with Gasteiger partial charge in [-0.1, -0.05) is 0 Å². The number of aryl methyl sites for hydroxylation is 2. The third-order valence-electron chi connectivity index (χ3n) is 2.39. The van der Waals surface area contributed by atoms with Gasteiger partial charge in [-0.3, -0.25) is 4.98 Å². The molecular weight excluding hydrogens is 224 g/mol. The van der Waals surface area contributed by atoms with E-state index in [1.54, 1.807) is 12.3 Å². The standard InChI is InChI=1S/C13H13F2NO/c1-8-3-10-4-9(2)6-16-13(10)11(5-8)17-7-12(14)15/h3-6,12H,7H2,1-2H3. The summed E-state index contributed by atoms with van der Waals surface area (Å²) >= 11 is 0. The highest BCUT2D eigenvalue weighted by Gasteiger charge is 2.09. The summed E-state index contributed by atoms with van der Waals surface area (Å²) in [5, 5.41) is 0.911. The van der Waals surface area contributed by atoms with Crippen molar-refractivity contribution in [2.24, 2.45) is 0 Å². The fraction of sp³-hybridized carbons (Fsp3) is 0.308. The Hall–Kier alpha value is -1.71. The van der Waals surface area contributed by atoms with Crippen LogP contribution in [0, 0.1) is 13.8 Å². The van der Waals surface area contributed by atoms with Gasteiger partial charge in [-0.15, -0.1) is 0 Å². The van der Waals surface area contributed by atoms with Crippen LogP contribution in [-0.2, 0) is 0 Å². The molecule has 0 N–H and O–H groups in total. The van der Waals surface area contributed by atoms with Gasteiger partial charge in [-0.05, 0) is 43.2 Å². The zero-order valence-electron chi connectivity index (χ0n) is 9.71. The predicted molar refractivity (Wildman–Crippen MR) is 62.7 cm³/mol. The molecule has 90 valence electrons. The van der Waals surface area contributed by atoms with Gasteiger partial charge in [-0.2, -0.15) is 0 Å². The summed E-state index contributed by atoms with van der Waals surface area (Å²) in [5.41, 5.74) is 2.62. The van der Waals surface area contributed by atoms with Crippen LogP contribution in [0.2, 0.25) is 0 Å². The van der Waals surface area contributed by atoms with Crippen LogP contribution in [0.15, 0.2) is 24.4 Å². The van der Waals surface area contributed by atoms with Crippen LogP contribution in [-0.4, -0.2) is 18.0 Å². The van der Waals surface area contributed by atoms with E-state index >= 15 is 0 Å². The molecule has 0 radical (unpaired) electrons. The number of aromatic nitrogens is 1. The van der Waals surface area contributed by atoms with Crippen molar-refractivity contribution in [3.8, 4) is 5.75 Å². The normalized spacial score (nSPS) is 11.1. The second kappa shape index (κ2) is 4.65. The number of benzene rings is 1. The topological polar surface area (TPSA) is 22.1 Å². The van der Waals surface area contributed by atoms with Gasteiger partial charge in [0.25, 0.3) is 6.43 Å². The Morgan fingerprint density at radius 3 is 2.59 bits per heavy atom. The summed E-state index contributed by atoms with van der Waals surface area (Å²) in [5.74, 6) is 0.417. The second-order valence-corrected chi connectivity index (χ2v) is 4.05. The maximum atomic E-state index is 12.1. The lowest BCUT2D eigenvalue weighted by Gasteiger charge is -2.10. The number of halogens is 2. The third kappa shape index (κ3) is 2.70. The Bertz CT molecular complexity index is 535. The van der Waals surface area contributed by atoms with E-state index in [0.29, 0.717) is 11.3 Å². The molecule has 0 spiro atoms. The minimum absolute atomic E-state index is 0.417. The molecule has 0 saturated carbocycles. The quantitative estimate of drug-likeness (QED) is 0.815. The van der Waals surface area contributed by atoms with Gasteiger partial charge in [0, 0.05) is 11.6 Å². The number of pyridine rings is 1. The van der Waals surface area contributed by atoms with Gasteiger partial charge >= 0.3 is 0 Å². The molecule has 1 aromatic heterocycles. The number of hydrogen-bond donors (Lipinski definition) is 0. The van der Waals surface area contributed by atoms with Gasteiger partial charge in [-0.25, -0.2) is 8.78 Å². The van der Waals surface area contributed by atoms with E-state index in [4.69, 9.17) is 4.74 Å². The molecule has 2 nitrogen and oxygen atoms in total. The van der Waals surface area contributed by atoms with E-state index in [1.165, 1.54) is 0 Å².